The predicted octanol–water partition coefficient (Wildman–Crippen LogP) is 3.78. The molecule has 2 aromatic rings. The first-order chi connectivity index (χ1) is 13.9. The molecule has 0 spiro atoms. The highest BCUT2D eigenvalue weighted by atomic mass is 19.1. The van der Waals surface area contributed by atoms with Crippen molar-refractivity contribution in [2.75, 3.05) is 6.61 Å². The Morgan fingerprint density at radius 2 is 1.86 bits per heavy atom. The van der Waals surface area contributed by atoms with Gasteiger partial charge in [-0.15, -0.1) is 0 Å². The van der Waals surface area contributed by atoms with Gasteiger partial charge in [-0.2, -0.15) is 0 Å². The second-order valence-corrected chi connectivity index (χ2v) is 7.48. The Morgan fingerprint density at radius 3 is 2.48 bits per heavy atom. The third-order valence-electron chi connectivity index (χ3n) is 5.22. The SMILES string of the molecule is Cc1cc(CC(CC=O)C(=O)N2C(=O)OC[C@H]2Cc2ccccc2)cc(C)c1F. The lowest BCUT2D eigenvalue weighted by atomic mass is 9.92. The van der Waals surface area contributed by atoms with Crippen LogP contribution in [0.1, 0.15) is 28.7 Å². The maximum Gasteiger partial charge on any atom is 0.416 e. The highest BCUT2D eigenvalue weighted by molar-refractivity contribution is 5.95. The number of benzene rings is 2. The average molecular weight is 397 g/mol. The van der Waals surface area contributed by atoms with Crippen molar-refractivity contribution < 1.29 is 23.5 Å². The molecule has 0 aromatic heterocycles. The largest absolute Gasteiger partial charge is 0.447 e. The molecular formula is C23H24FNO4. The number of carbonyl (C=O) groups excluding carboxylic acids is 3. The lowest BCUT2D eigenvalue weighted by molar-refractivity contribution is -0.134. The van der Waals surface area contributed by atoms with Crippen LogP contribution < -0.4 is 0 Å². The normalized spacial score (nSPS) is 17.1. The molecule has 1 aliphatic rings. The predicted molar refractivity (Wildman–Crippen MR) is 106 cm³/mol. The summed E-state index contributed by atoms with van der Waals surface area (Å²) in [4.78, 5) is 37.8. The number of cyclic esters (lactones) is 1. The highest BCUT2D eigenvalue weighted by Crippen LogP contribution is 2.24. The van der Waals surface area contributed by atoms with Crippen molar-refractivity contribution in [3.8, 4) is 0 Å². The number of aryl methyl sites for hydroxylation is 2. The van der Waals surface area contributed by atoms with Gasteiger partial charge >= 0.3 is 6.09 Å². The van der Waals surface area contributed by atoms with E-state index in [0.717, 1.165) is 16.0 Å². The second-order valence-electron chi connectivity index (χ2n) is 7.48. The van der Waals surface area contributed by atoms with Gasteiger partial charge in [0.2, 0.25) is 5.91 Å². The molecule has 0 N–H and O–H groups in total. The minimum atomic E-state index is -0.708. The number of aldehydes is 1. The first kappa shape index (κ1) is 20.7. The third-order valence-corrected chi connectivity index (χ3v) is 5.22. The zero-order chi connectivity index (χ0) is 21.0. The summed E-state index contributed by atoms with van der Waals surface area (Å²) < 4.78 is 19.0. The van der Waals surface area contributed by atoms with Crippen LogP contribution in [0.3, 0.4) is 0 Å². The summed E-state index contributed by atoms with van der Waals surface area (Å²) in [5, 5.41) is 0. The molecule has 152 valence electrons. The van der Waals surface area contributed by atoms with Crippen LogP contribution in [-0.2, 0) is 27.2 Å². The Morgan fingerprint density at radius 1 is 1.21 bits per heavy atom. The number of hydrogen-bond donors (Lipinski definition) is 0. The summed E-state index contributed by atoms with van der Waals surface area (Å²) in [6, 6.07) is 12.5. The van der Waals surface area contributed by atoms with Gasteiger partial charge in [-0.25, -0.2) is 14.1 Å². The fourth-order valence-electron chi connectivity index (χ4n) is 3.79. The van der Waals surface area contributed by atoms with Crippen LogP contribution in [0, 0.1) is 25.6 Å². The number of amides is 2. The van der Waals surface area contributed by atoms with Crippen molar-refractivity contribution >= 4 is 18.3 Å². The Labute approximate surface area is 169 Å². The molecule has 1 saturated heterocycles. The Kier molecular flexibility index (Phi) is 6.42. The Bertz CT molecular complexity index is 889. The van der Waals surface area contributed by atoms with Crippen LogP contribution in [0.2, 0.25) is 0 Å². The van der Waals surface area contributed by atoms with E-state index in [2.05, 4.69) is 0 Å². The van der Waals surface area contributed by atoms with Gasteiger partial charge < -0.3 is 9.53 Å². The average Bonchev–Trinajstić information content (AvgIpc) is 3.06. The number of ether oxygens (including phenoxy) is 1. The van der Waals surface area contributed by atoms with Gasteiger partial charge in [0.15, 0.2) is 0 Å². The van der Waals surface area contributed by atoms with Gasteiger partial charge in [-0.3, -0.25) is 4.79 Å². The summed E-state index contributed by atoms with van der Waals surface area (Å²) in [5.41, 5.74) is 2.72. The van der Waals surface area contributed by atoms with Crippen LogP contribution in [0.25, 0.3) is 0 Å². The minimum Gasteiger partial charge on any atom is -0.447 e. The minimum absolute atomic E-state index is 0.0177. The number of nitrogens with zero attached hydrogens (tertiary/aromatic N) is 1. The van der Waals surface area contributed by atoms with Crippen molar-refractivity contribution in [3.05, 3.63) is 70.5 Å². The zero-order valence-corrected chi connectivity index (χ0v) is 16.6. The number of rotatable bonds is 7. The molecule has 5 nitrogen and oxygen atoms in total. The van der Waals surface area contributed by atoms with Crippen LogP contribution >= 0.6 is 0 Å². The molecular weight excluding hydrogens is 373 g/mol. The van der Waals surface area contributed by atoms with Gasteiger partial charge in [0.1, 0.15) is 18.7 Å². The molecule has 0 aliphatic carbocycles. The molecule has 0 saturated carbocycles. The van der Waals surface area contributed by atoms with E-state index in [1.807, 2.05) is 30.3 Å². The molecule has 0 bridgehead atoms. The van der Waals surface area contributed by atoms with Crippen LogP contribution in [-0.4, -0.2) is 35.8 Å². The van der Waals surface area contributed by atoms with E-state index in [0.29, 0.717) is 23.8 Å². The zero-order valence-electron chi connectivity index (χ0n) is 16.6. The fraction of sp³-hybridized carbons (Fsp3) is 0.348. The monoisotopic (exact) mass is 397 g/mol. The topological polar surface area (TPSA) is 63.7 Å². The van der Waals surface area contributed by atoms with Gasteiger partial charge in [-0.1, -0.05) is 42.5 Å². The van der Waals surface area contributed by atoms with Crippen LogP contribution in [0.5, 0.6) is 0 Å². The first-order valence-electron chi connectivity index (χ1n) is 9.63. The van der Waals surface area contributed by atoms with E-state index in [4.69, 9.17) is 4.74 Å². The number of halogens is 1. The molecule has 1 heterocycles. The van der Waals surface area contributed by atoms with E-state index < -0.39 is 24.0 Å². The number of carbonyl (C=O) groups is 3. The van der Waals surface area contributed by atoms with Crippen molar-refractivity contribution in [1.82, 2.24) is 4.90 Å². The lowest BCUT2D eigenvalue weighted by Gasteiger charge is -2.24. The van der Waals surface area contributed by atoms with Gasteiger partial charge in [0.05, 0.1) is 6.04 Å². The van der Waals surface area contributed by atoms with E-state index in [1.165, 1.54) is 0 Å². The third kappa shape index (κ3) is 4.70. The fourth-order valence-corrected chi connectivity index (χ4v) is 3.79. The number of imide groups is 1. The standard InChI is InChI=1S/C23H24FNO4/c1-15-10-18(11-16(2)21(15)24)12-19(8-9-26)22(27)25-20(14-29-23(25)28)13-17-6-4-3-5-7-17/h3-7,9-11,19-20H,8,12-14H2,1-2H3/t19?,20-/m1/s1. The molecule has 1 aliphatic heterocycles. The van der Waals surface area contributed by atoms with E-state index in [-0.39, 0.29) is 25.3 Å². The summed E-state index contributed by atoms with van der Waals surface area (Å²) in [5.74, 6) is -1.42. The van der Waals surface area contributed by atoms with Crippen molar-refractivity contribution in [2.24, 2.45) is 5.92 Å². The van der Waals surface area contributed by atoms with E-state index in [1.54, 1.807) is 26.0 Å². The summed E-state index contributed by atoms with van der Waals surface area (Å²) >= 11 is 0. The molecule has 1 fully saturated rings. The Hall–Kier alpha value is -3.02. The summed E-state index contributed by atoms with van der Waals surface area (Å²) in [6.07, 6.45) is 0.718. The van der Waals surface area contributed by atoms with Gasteiger partial charge in [0, 0.05) is 12.3 Å². The van der Waals surface area contributed by atoms with Crippen LogP contribution in [0.4, 0.5) is 9.18 Å². The molecule has 3 rings (SSSR count). The molecule has 2 atom stereocenters. The summed E-state index contributed by atoms with van der Waals surface area (Å²) in [6.45, 7) is 3.45. The van der Waals surface area contributed by atoms with E-state index in [9.17, 15) is 18.8 Å². The quantitative estimate of drug-likeness (QED) is 0.667. The molecule has 29 heavy (non-hydrogen) atoms. The molecule has 6 heteroatoms. The highest BCUT2D eigenvalue weighted by Gasteiger charge is 2.40. The molecule has 2 amide bonds. The summed E-state index contributed by atoms with van der Waals surface area (Å²) in [7, 11) is 0. The molecule has 0 radical (unpaired) electrons. The maximum absolute atomic E-state index is 13.9. The lowest BCUT2D eigenvalue weighted by Crippen LogP contribution is -2.44. The Balaban J connectivity index is 1.81. The van der Waals surface area contributed by atoms with E-state index >= 15 is 0 Å². The molecule has 2 aromatic carbocycles. The van der Waals surface area contributed by atoms with Crippen molar-refractivity contribution in [1.29, 1.82) is 0 Å². The first-order valence-corrected chi connectivity index (χ1v) is 9.63. The van der Waals surface area contributed by atoms with Gasteiger partial charge in [0.25, 0.3) is 0 Å². The van der Waals surface area contributed by atoms with Crippen molar-refractivity contribution in [2.45, 2.75) is 39.2 Å². The smallest absolute Gasteiger partial charge is 0.416 e. The van der Waals surface area contributed by atoms with Crippen molar-refractivity contribution in [3.63, 3.8) is 0 Å². The second kappa shape index (κ2) is 8.99. The van der Waals surface area contributed by atoms with Crippen LogP contribution in [0.15, 0.2) is 42.5 Å². The number of hydrogen-bond acceptors (Lipinski definition) is 4. The maximum atomic E-state index is 13.9. The molecule has 1 unspecified atom stereocenters. The van der Waals surface area contributed by atoms with Gasteiger partial charge in [-0.05, 0) is 48.9 Å².